The van der Waals surface area contributed by atoms with E-state index in [1.807, 2.05) is 0 Å². The Morgan fingerprint density at radius 1 is 0.958 bits per heavy atom. The van der Waals surface area contributed by atoms with Crippen LogP contribution >= 0.6 is 0 Å². The zero-order valence-electron chi connectivity index (χ0n) is 14.2. The summed E-state index contributed by atoms with van der Waals surface area (Å²) in [5.41, 5.74) is 0. The minimum atomic E-state index is -0.857. The van der Waals surface area contributed by atoms with Gasteiger partial charge in [0.25, 0.3) is 0 Å². The maximum absolute atomic E-state index is 11.8. The third kappa shape index (κ3) is 9.74. The Morgan fingerprint density at radius 2 is 1.58 bits per heavy atom. The van der Waals surface area contributed by atoms with Crippen LogP contribution in [-0.2, 0) is 23.9 Å². The van der Waals surface area contributed by atoms with Crippen LogP contribution in [0.15, 0.2) is 0 Å². The van der Waals surface area contributed by atoms with Crippen LogP contribution in [0.3, 0.4) is 0 Å². The molecule has 2 atom stereocenters. The number of amides is 4. The lowest BCUT2D eigenvalue weighted by Gasteiger charge is -2.18. The second kappa shape index (κ2) is 12.3. The number of rotatable bonds is 11. The van der Waals surface area contributed by atoms with Gasteiger partial charge in [0.05, 0.1) is 13.2 Å². The minimum Gasteiger partial charge on any atom is -0.371 e. The number of aliphatic hydroxyl groups is 1. The van der Waals surface area contributed by atoms with Gasteiger partial charge >= 0.3 is 0 Å². The molecule has 0 aromatic heterocycles. The van der Waals surface area contributed by atoms with Crippen LogP contribution < -0.4 is 21.3 Å². The monoisotopic (exact) mass is 346 g/mol. The molecule has 0 aromatic carbocycles. The summed E-state index contributed by atoms with van der Waals surface area (Å²) in [6.07, 6.45) is 0.256. The Kier molecular flexibility index (Phi) is 11.1. The summed E-state index contributed by atoms with van der Waals surface area (Å²) in [6, 6.07) is -1.62. The summed E-state index contributed by atoms with van der Waals surface area (Å²) in [5.74, 6) is -1.72. The lowest BCUT2D eigenvalue weighted by molar-refractivity contribution is -0.132. The molecule has 0 fully saturated rings. The van der Waals surface area contributed by atoms with Crippen LogP contribution in [0.25, 0.3) is 0 Å². The van der Waals surface area contributed by atoms with E-state index in [2.05, 4.69) is 26.0 Å². The molecule has 24 heavy (non-hydrogen) atoms. The van der Waals surface area contributed by atoms with Crippen LogP contribution in [0, 0.1) is 0 Å². The van der Waals surface area contributed by atoms with Crippen LogP contribution in [0.1, 0.15) is 27.2 Å². The van der Waals surface area contributed by atoms with Crippen molar-refractivity contribution in [1.29, 1.82) is 0 Å². The number of hydrogen-bond donors (Lipinski definition) is 5. The van der Waals surface area contributed by atoms with E-state index < -0.39 is 36.6 Å². The topological polar surface area (TPSA) is 146 Å². The highest BCUT2D eigenvalue weighted by Crippen LogP contribution is 1.89. The summed E-state index contributed by atoms with van der Waals surface area (Å²) in [5, 5.41) is 18.2. The van der Waals surface area contributed by atoms with Gasteiger partial charge in [0, 0.05) is 13.0 Å². The molecule has 0 aliphatic rings. The highest BCUT2D eigenvalue weighted by atomic mass is 16.6. The van der Waals surface area contributed by atoms with Gasteiger partial charge < -0.3 is 31.1 Å². The van der Waals surface area contributed by atoms with E-state index in [-0.39, 0.29) is 32.0 Å². The Bertz CT molecular complexity index is 443. The molecule has 0 bridgehead atoms. The van der Waals surface area contributed by atoms with Crippen molar-refractivity contribution in [3.63, 3.8) is 0 Å². The van der Waals surface area contributed by atoms with Gasteiger partial charge in [-0.2, -0.15) is 0 Å². The molecule has 2 unspecified atom stereocenters. The van der Waals surface area contributed by atoms with E-state index >= 15 is 0 Å². The predicted molar refractivity (Wildman–Crippen MR) is 84.6 cm³/mol. The van der Waals surface area contributed by atoms with Crippen molar-refractivity contribution in [2.45, 2.75) is 39.3 Å². The summed E-state index contributed by atoms with van der Waals surface area (Å²) in [4.78, 5) is 46.3. The third-order valence-electron chi connectivity index (χ3n) is 2.93. The molecular weight excluding hydrogens is 320 g/mol. The number of carbonyl (C=O) groups is 4. The largest absolute Gasteiger partial charge is 0.371 e. The molecule has 5 N–H and O–H groups in total. The zero-order valence-corrected chi connectivity index (χ0v) is 14.2. The van der Waals surface area contributed by atoms with Crippen molar-refractivity contribution in [3.8, 4) is 0 Å². The summed E-state index contributed by atoms with van der Waals surface area (Å²) in [6.45, 7) is 4.32. The predicted octanol–water partition coefficient (Wildman–Crippen LogP) is -2.40. The molecule has 0 aromatic rings. The van der Waals surface area contributed by atoms with Gasteiger partial charge in [0.2, 0.25) is 23.6 Å². The van der Waals surface area contributed by atoms with E-state index in [0.717, 1.165) is 0 Å². The second-order valence-corrected chi connectivity index (χ2v) is 4.98. The maximum Gasteiger partial charge on any atom is 0.242 e. The highest BCUT2D eigenvalue weighted by molar-refractivity contribution is 5.92. The van der Waals surface area contributed by atoms with Gasteiger partial charge in [-0.3, -0.25) is 19.2 Å². The van der Waals surface area contributed by atoms with Gasteiger partial charge in [0.1, 0.15) is 18.9 Å². The molecule has 4 amide bonds. The van der Waals surface area contributed by atoms with Crippen molar-refractivity contribution < 1.29 is 29.0 Å². The van der Waals surface area contributed by atoms with Crippen molar-refractivity contribution >= 4 is 23.6 Å². The van der Waals surface area contributed by atoms with Gasteiger partial charge in [-0.05, 0) is 13.8 Å². The SMILES string of the molecule is CCC(=O)NC(C)C(=O)NC(C)C(=O)NCC(=O)NCCOCO. The molecule has 10 nitrogen and oxygen atoms in total. The molecule has 10 heteroatoms. The quantitative estimate of drug-likeness (QED) is 0.208. The first-order valence-corrected chi connectivity index (χ1v) is 7.64. The third-order valence-corrected chi connectivity index (χ3v) is 2.93. The molecule has 0 aliphatic heterocycles. The molecule has 0 spiro atoms. The Hall–Kier alpha value is -2.20. The summed E-state index contributed by atoms with van der Waals surface area (Å²) in [7, 11) is 0. The minimum absolute atomic E-state index is 0.157. The van der Waals surface area contributed by atoms with Gasteiger partial charge in [-0.25, -0.2) is 0 Å². The number of hydrogen-bond acceptors (Lipinski definition) is 6. The molecule has 0 saturated heterocycles. The molecule has 0 rings (SSSR count). The average Bonchev–Trinajstić information content (AvgIpc) is 2.55. The molecular formula is C14H26N4O6. The first-order chi connectivity index (χ1) is 11.3. The molecule has 138 valence electrons. The van der Waals surface area contributed by atoms with Crippen molar-refractivity contribution in [1.82, 2.24) is 21.3 Å². The van der Waals surface area contributed by atoms with Crippen molar-refractivity contribution in [2.75, 3.05) is 26.5 Å². The fourth-order valence-electron chi connectivity index (χ4n) is 1.52. The first kappa shape index (κ1) is 21.8. The molecule has 0 heterocycles. The summed E-state index contributed by atoms with van der Waals surface area (Å²) >= 11 is 0. The van der Waals surface area contributed by atoms with Crippen LogP contribution in [0.5, 0.6) is 0 Å². The highest BCUT2D eigenvalue weighted by Gasteiger charge is 2.20. The van der Waals surface area contributed by atoms with Gasteiger partial charge in [-0.15, -0.1) is 0 Å². The number of ether oxygens (including phenoxy) is 1. The lowest BCUT2D eigenvalue weighted by Crippen LogP contribution is -2.52. The fraction of sp³-hybridized carbons (Fsp3) is 0.714. The Labute approximate surface area is 140 Å². The van der Waals surface area contributed by atoms with E-state index in [4.69, 9.17) is 5.11 Å². The Morgan fingerprint density at radius 3 is 2.17 bits per heavy atom. The van der Waals surface area contributed by atoms with E-state index in [1.54, 1.807) is 6.92 Å². The van der Waals surface area contributed by atoms with Crippen molar-refractivity contribution in [3.05, 3.63) is 0 Å². The Balaban J connectivity index is 4.07. The summed E-state index contributed by atoms with van der Waals surface area (Å²) < 4.78 is 4.63. The second-order valence-electron chi connectivity index (χ2n) is 4.98. The van der Waals surface area contributed by atoms with E-state index in [1.165, 1.54) is 13.8 Å². The normalized spacial score (nSPS) is 12.7. The van der Waals surface area contributed by atoms with Crippen LogP contribution in [0.4, 0.5) is 0 Å². The van der Waals surface area contributed by atoms with E-state index in [0.29, 0.717) is 0 Å². The molecule has 0 saturated carbocycles. The fourth-order valence-corrected chi connectivity index (χ4v) is 1.52. The van der Waals surface area contributed by atoms with Crippen LogP contribution in [-0.4, -0.2) is 67.3 Å². The van der Waals surface area contributed by atoms with E-state index in [9.17, 15) is 19.2 Å². The van der Waals surface area contributed by atoms with Gasteiger partial charge in [-0.1, -0.05) is 6.92 Å². The number of aliphatic hydroxyl groups excluding tert-OH is 1. The first-order valence-electron chi connectivity index (χ1n) is 7.64. The maximum atomic E-state index is 11.8. The standard InChI is InChI=1S/C14H26N4O6/c1-4-11(20)17-10(3)14(23)18-9(2)13(22)16-7-12(21)15-5-6-24-8-19/h9-10,19H,4-8H2,1-3H3,(H,15,21)(H,16,22)(H,17,20)(H,18,23). The lowest BCUT2D eigenvalue weighted by atomic mass is 10.2. The van der Waals surface area contributed by atoms with Crippen LogP contribution in [0.2, 0.25) is 0 Å². The smallest absolute Gasteiger partial charge is 0.242 e. The number of carbonyl (C=O) groups excluding carboxylic acids is 4. The zero-order chi connectivity index (χ0) is 18.5. The molecule has 0 aliphatic carbocycles. The number of nitrogens with one attached hydrogen (secondary N) is 4. The average molecular weight is 346 g/mol. The van der Waals surface area contributed by atoms with Crippen molar-refractivity contribution in [2.24, 2.45) is 0 Å². The molecule has 0 radical (unpaired) electrons. The van der Waals surface area contributed by atoms with Gasteiger partial charge in [0.15, 0.2) is 0 Å².